The van der Waals surface area contributed by atoms with Gasteiger partial charge in [0.15, 0.2) is 12.4 Å². The molecule has 0 aliphatic heterocycles. The molecule has 0 unspecified atom stereocenters. The number of rotatable bonds is 8. The van der Waals surface area contributed by atoms with E-state index < -0.39 is 5.91 Å². The summed E-state index contributed by atoms with van der Waals surface area (Å²) in [4.78, 5) is 36.8. The van der Waals surface area contributed by atoms with E-state index in [9.17, 15) is 14.4 Å². The quantitative estimate of drug-likeness (QED) is 0.476. The van der Waals surface area contributed by atoms with Crippen LogP contribution < -0.4 is 15.4 Å². The van der Waals surface area contributed by atoms with Gasteiger partial charge in [-0.15, -0.1) is 0 Å². The Kier molecular flexibility index (Phi) is 7.85. The number of ketones is 1. The van der Waals surface area contributed by atoms with E-state index in [1.54, 1.807) is 48.5 Å². The number of carbonyl (C=O) groups excluding carboxylic acids is 3. The largest absolute Gasteiger partial charge is 0.484 e. The maximum atomic E-state index is 12.5. The second-order valence-corrected chi connectivity index (χ2v) is 8.18. The molecule has 0 spiro atoms. The van der Waals surface area contributed by atoms with Crippen molar-refractivity contribution in [1.29, 1.82) is 0 Å². The molecule has 3 rings (SSSR count). The Morgan fingerprint density at radius 3 is 1.94 bits per heavy atom. The van der Waals surface area contributed by atoms with Gasteiger partial charge >= 0.3 is 0 Å². The number of nitrogens with one attached hydrogen (secondary N) is 2. The summed E-state index contributed by atoms with van der Waals surface area (Å²) in [5, 5.41) is 5.93. The summed E-state index contributed by atoms with van der Waals surface area (Å²) in [7, 11) is 0. The van der Waals surface area contributed by atoms with E-state index in [0.717, 1.165) is 22.4 Å². The highest BCUT2D eigenvalue weighted by Crippen LogP contribution is 2.21. The van der Waals surface area contributed by atoms with Gasteiger partial charge in [0.25, 0.3) is 5.91 Å². The third-order valence-electron chi connectivity index (χ3n) is 4.98. The summed E-state index contributed by atoms with van der Waals surface area (Å²) >= 11 is 5.85. The van der Waals surface area contributed by atoms with Crippen LogP contribution >= 0.6 is 11.6 Å². The number of anilines is 1. The standard InChI is InChI=1S/C26H25ClN2O4/c1-16-12-17(2)25(18(3)13-16)29-23(30)14-28-24(31)15-33-22-10-6-20(7-11-22)26(32)19-4-8-21(27)9-5-19/h4-13H,14-15H2,1-3H3,(H,28,31)(H,29,30). The molecule has 3 aromatic rings. The fourth-order valence-corrected chi connectivity index (χ4v) is 3.54. The molecule has 0 fully saturated rings. The molecule has 2 N–H and O–H groups in total. The Morgan fingerprint density at radius 2 is 1.36 bits per heavy atom. The second-order valence-electron chi connectivity index (χ2n) is 7.75. The Morgan fingerprint density at radius 1 is 0.818 bits per heavy atom. The van der Waals surface area contributed by atoms with Crippen LogP contribution in [0.1, 0.15) is 32.6 Å². The summed E-state index contributed by atoms with van der Waals surface area (Å²) in [6.45, 7) is 5.44. The minimum Gasteiger partial charge on any atom is -0.484 e. The van der Waals surface area contributed by atoms with Crippen molar-refractivity contribution in [3.63, 3.8) is 0 Å². The van der Waals surface area contributed by atoms with Crippen molar-refractivity contribution in [3.8, 4) is 5.75 Å². The number of benzene rings is 3. The van der Waals surface area contributed by atoms with Crippen molar-refractivity contribution in [1.82, 2.24) is 5.32 Å². The van der Waals surface area contributed by atoms with E-state index in [4.69, 9.17) is 16.3 Å². The molecule has 0 aromatic heterocycles. The topological polar surface area (TPSA) is 84.5 Å². The molecule has 6 nitrogen and oxygen atoms in total. The molecule has 7 heteroatoms. The second kappa shape index (κ2) is 10.8. The average Bonchev–Trinajstić information content (AvgIpc) is 2.79. The number of aryl methyl sites for hydroxylation is 3. The number of carbonyl (C=O) groups is 3. The monoisotopic (exact) mass is 464 g/mol. The van der Waals surface area contributed by atoms with Gasteiger partial charge in [-0.2, -0.15) is 0 Å². The highest BCUT2D eigenvalue weighted by Gasteiger charge is 2.12. The van der Waals surface area contributed by atoms with Crippen LogP contribution in [0.5, 0.6) is 5.75 Å². The fourth-order valence-electron chi connectivity index (χ4n) is 3.41. The van der Waals surface area contributed by atoms with Crippen LogP contribution in [0.25, 0.3) is 0 Å². The average molecular weight is 465 g/mol. The molecule has 0 aliphatic rings. The lowest BCUT2D eigenvalue weighted by molar-refractivity contribution is -0.125. The smallest absolute Gasteiger partial charge is 0.258 e. The number of hydrogen-bond donors (Lipinski definition) is 2. The van der Waals surface area contributed by atoms with Crippen LogP contribution in [0, 0.1) is 20.8 Å². The summed E-state index contributed by atoms with van der Waals surface area (Å²) < 4.78 is 5.45. The van der Waals surface area contributed by atoms with Gasteiger partial charge in [0.1, 0.15) is 5.75 Å². The number of hydrogen-bond acceptors (Lipinski definition) is 4. The van der Waals surface area contributed by atoms with Crippen LogP contribution in [0.4, 0.5) is 5.69 Å². The normalized spacial score (nSPS) is 10.4. The summed E-state index contributed by atoms with van der Waals surface area (Å²) in [6.07, 6.45) is 0. The van der Waals surface area contributed by atoms with E-state index in [-0.39, 0.29) is 24.8 Å². The van der Waals surface area contributed by atoms with Gasteiger partial charge in [-0.05, 0) is 80.4 Å². The highest BCUT2D eigenvalue weighted by molar-refractivity contribution is 6.30. The summed E-state index contributed by atoms with van der Waals surface area (Å²) in [6, 6.07) is 17.1. The van der Waals surface area contributed by atoms with Gasteiger partial charge in [0.05, 0.1) is 6.54 Å². The number of amides is 2. The van der Waals surface area contributed by atoms with Gasteiger partial charge in [0.2, 0.25) is 5.91 Å². The molecule has 0 saturated heterocycles. The van der Waals surface area contributed by atoms with E-state index in [1.165, 1.54) is 0 Å². The zero-order valence-corrected chi connectivity index (χ0v) is 19.5. The minimum atomic E-state index is -0.427. The maximum absolute atomic E-state index is 12.5. The Balaban J connectivity index is 1.46. The molecule has 170 valence electrons. The number of halogens is 1. The van der Waals surface area contributed by atoms with Gasteiger partial charge in [-0.3, -0.25) is 14.4 Å². The minimum absolute atomic E-state index is 0.138. The van der Waals surface area contributed by atoms with Crippen molar-refractivity contribution < 1.29 is 19.1 Å². The Bertz CT molecular complexity index is 1150. The van der Waals surface area contributed by atoms with Crippen molar-refractivity contribution in [2.24, 2.45) is 0 Å². The molecule has 0 aliphatic carbocycles. The van der Waals surface area contributed by atoms with Gasteiger partial charge in [0, 0.05) is 21.8 Å². The van der Waals surface area contributed by atoms with Crippen LogP contribution in [0.15, 0.2) is 60.7 Å². The third-order valence-corrected chi connectivity index (χ3v) is 5.23. The van der Waals surface area contributed by atoms with Crippen LogP contribution in [-0.2, 0) is 9.59 Å². The molecule has 0 saturated carbocycles. The molecular formula is C26H25ClN2O4. The maximum Gasteiger partial charge on any atom is 0.258 e. The molecule has 33 heavy (non-hydrogen) atoms. The van der Waals surface area contributed by atoms with Gasteiger partial charge in [-0.25, -0.2) is 0 Å². The highest BCUT2D eigenvalue weighted by atomic mass is 35.5. The van der Waals surface area contributed by atoms with Crippen molar-refractivity contribution in [2.75, 3.05) is 18.5 Å². The van der Waals surface area contributed by atoms with Gasteiger partial charge < -0.3 is 15.4 Å². The van der Waals surface area contributed by atoms with Crippen molar-refractivity contribution in [3.05, 3.63) is 93.5 Å². The first-order valence-corrected chi connectivity index (χ1v) is 10.8. The lowest BCUT2D eigenvalue weighted by atomic mass is 10.0. The predicted octanol–water partition coefficient (Wildman–Crippen LogP) is 4.63. The van der Waals surface area contributed by atoms with E-state index in [0.29, 0.717) is 21.9 Å². The number of ether oxygens (including phenoxy) is 1. The van der Waals surface area contributed by atoms with Crippen LogP contribution in [0.3, 0.4) is 0 Å². The van der Waals surface area contributed by atoms with Gasteiger partial charge in [-0.1, -0.05) is 29.3 Å². The SMILES string of the molecule is Cc1cc(C)c(NC(=O)CNC(=O)COc2ccc(C(=O)c3ccc(Cl)cc3)cc2)c(C)c1. The molecule has 0 atom stereocenters. The first-order chi connectivity index (χ1) is 15.7. The summed E-state index contributed by atoms with van der Waals surface area (Å²) in [5.41, 5.74) is 4.83. The first kappa shape index (κ1) is 24.0. The molecule has 3 aromatic carbocycles. The van der Waals surface area contributed by atoms with Crippen molar-refractivity contribution in [2.45, 2.75) is 20.8 Å². The van der Waals surface area contributed by atoms with E-state index >= 15 is 0 Å². The zero-order chi connectivity index (χ0) is 24.0. The molecule has 0 radical (unpaired) electrons. The Labute approximate surface area is 197 Å². The fraction of sp³-hybridized carbons (Fsp3) is 0.192. The Hall–Kier alpha value is -3.64. The van der Waals surface area contributed by atoms with E-state index in [1.807, 2.05) is 32.9 Å². The van der Waals surface area contributed by atoms with Crippen molar-refractivity contribution >= 4 is 34.9 Å². The predicted molar refractivity (Wildman–Crippen MR) is 129 cm³/mol. The molecule has 0 bridgehead atoms. The third kappa shape index (κ3) is 6.67. The molecule has 2 amide bonds. The van der Waals surface area contributed by atoms with E-state index in [2.05, 4.69) is 10.6 Å². The van der Waals surface area contributed by atoms with Crippen LogP contribution in [-0.4, -0.2) is 30.7 Å². The lowest BCUT2D eigenvalue weighted by Gasteiger charge is -2.13. The first-order valence-electron chi connectivity index (χ1n) is 10.4. The lowest BCUT2D eigenvalue weighted by Crippen LogP contribution is -2.36. The zero-order valence-electron chi connectivity index (χ0n) is 18.7. The van der Waals surface area contributed by atoms with Crippen LogP contribution in [0.2, 0.25) is 5.02 Å². The summed E-state index contributed by atoms with van der Waals surface area (Å²) in [5.74, 6) is -0.443. The molecule has 0 heterocycles. The molecular weight excluding hydrogens is 440 g/mol.